The first kappa shape index (κ1) is 14.7. The number of hydrogen-bond acceptors (Lipinski definition) is 2. The number of para-hydroxylation sites is 2. The summed E-state index contributed by atoms with van der Waals surface area (Å²) in [5, 5.41) is 0. The lowest BCUT2D eigenvalue weighted by molar-refractivity contribution is 0.147. The molecule has 0 fully saturated rings. The maximum atomic E-state index is 6.19. The zero-order chi connectivity index (χ0) is 15.2. The molecule has 2 aromatic rings. The molecular formula is C20H22O2. The average Bonchev–Trinajstić information content (AvgIpc) is 2.59. The summed E-state index contributed by atoms with van der Waals surface area (Å²) in [6.45, 7) is 2.22. The zero-order valence-electron chi connectivity index (χ0n) is 13.0. The highest BCUT2D eigenvalue weighted by Gasteiger charge is 2.27. The van der Waals surface area contributed by atoms with Crippen LogP contribution in [0.25, 0.3) is 0 Å². The Balaban J connectivity index is 1.87. The molecule has 0 spiro atoms. The number of unbranched alkanes of at least 4 members (excludes halogenated alkanes) is 3. The van der Waals surface area contributed by atoms with Gasteiger partial charge in [-0.1, -0.05) is 62.2 Å². The van der Waals surface area contributed by atoms with E-state index in [2.05, 4.69) is 25.1 Å². The third-order valence-corrected chi connectivity index (χ3v) is 3.84. The lowest BCUT2D eigenvalue weighted by Gasteiger charge is -2.29. The van der Waals surface area contributed by atoms with E-state index < -0.39 is 0 Å². The molecule has 0 bridgehead atoms. The SMILES string of the molecule is CCCCC/C=C1/Oc2ccccc2OC1c1ccccc1. The molecule has 0 N–H and O–H groups in total. The van der Waals surface area contributed by atoms with Crippen LogP contribution in [-0.4, -0.2) is 0 Å². The molecule has 0 radical (unpaired) electrons. The fourth-order valence-corrected chi connectivity index (χ4v) is 2.64. The summed E-state index contributed by atoms with van der Waals surface area (Å²) in [5.74, 6) is 2.51. The summed E-state index contributed by atoms with van der Waals surface area (Å²) in [6, 6.07) is 18.1. The van der Waals surface area contributed by atoms with Crippen molar-refractivity contribution in [3.63, 3.8) is 0 Å². The molecule has 1 aliphatic rings. The Labute approximate surface area is 132 Å². The third kappa shape index (κ3) is 3.33. The van der Waals surface area contributed by atoms with Gasteiger partial charge in [0.2, 0.25) is 0 Å². The summed E-state index contributed by atoms with van der Waals surface area (Å²) in [7, 11) is 0. The van der Waals surface area contributed by atoms with E-state index in [4.69, 9.17) is 9.47 Å². The van der Waals surface area contributed by atoms with Crippen LogP contribution in [0.4, 0.5) is 0 Å². The Hall–Kier alpha value is -2.22. The topological polar surface area (TPSA) is 18.5 Å². The number of hydrogen-bond donors (Lipinski definition) is 0. The van der Waals surface area contributed by atoms with Gasteiger partial charge in [0.15, 0.2) is 17.6 Å². The van der Waals surface area contributed by atoms with Gasteiger partial charge in [-0.05, 0) is 31.1 Å². The summed E-state index contributed by atoms with van der Waals surface area (Å²) < 4.78 is 12.3. The molecule has 0 saturated heterocycles. The van der Waals surface area contributed by atoms with E-state index in [1.54, 1.807) is 0 Å². The second kappa shape index (κ2) is 7.17. The first-order valence-electron chi connectivity index (χ1n) is 8.07. The summed E-state index contributed by atoms with van der Waals surface area (Å²) in [4.78, 5) is 0. The van der Waals surface area contributed by atoms with Crippen LogP contribution in [0.3, 0.4) is 0 Å². The van der Waals surface area contributed by atoms with E-state index >= 15 is 0 Å². The molecule has 0 saturated carbocycles. The molecule has 2 nitrogen and oxygen atoms in total. The van der Waals surface area contributed by atoms with Gasteiger partial charge in [0.05, 0.1) is 0 Å². The minimum atomic E-state index is -0.155. The molecule has 1 aliphatic heterocycles. The molecule has 0 aromatic heterocycles. The van der Waals surface area contributed by atoms with E-state index in [1.807, 2.05) is 42.5 Å². The summed E-state index contributed by atoms with van der Waals surface area (Å²) >= 11 is 0. The second-order valence-electron chi connectivity index (χ2n) is 5.56. The first-order valence-corrected chi connectivity index (χ1v) is 8.07. The van der Waals surface area contributed by atoms with Crippen LogP contribution >= 0.6 is 0 Å². The largest absolute Gasteiger partial charge is 0.474 e. The maximum Gasteiger partial charge on any atom is 0.181 e. The fourth-order valence-electron chi connectivity index (χ4n) is 2.64. The van der Waals surface area contributed by atoms with Crippen molar-refractivity contribution in [3.05, 3.63) is 72.0 Å². The Bertz CT molecular complexity index is 631. The van der Waals surface area contributed by atoms with Crippen molar-refractivity contribution in [2.75, 3.05) is 0 Å². The smallest absolute Gasteiger partial charge is 0.181 e. The number of rotatable bonds is 5. The van der Waals surface area contributed by atoms with Gasteiger partial charge < -0.3 is 9.47 Å². The highest BCUT2D eigenvalue weighted by molar-refractivity contribution is 5.45. The predicted octanol–water partition coefficient (Wildman–Crippen LogP) is 5.66. The van der Waals surface area contributed by atoms with E-state index in [-0.39, 0.29) is 6.10 Å². The Kier molecular flexibility index (Phi) is 4.79. The maximum absolute atomic E-state index is 6.19. The lowest BCUT2D eigenvalue weighted by Crippen LogP contribution is -2.19. The van der Waals surface area contributed by atoms with Crippen LogP contribution in [0.15, 0.2) is 66.4 Å². The van der Waals surface area contributed by atoms with Gasteiger partial charge in [-0.15, -0.1) is 0 Å². The van der Waals surface area contributed by atoms with Crippen LogP contribution in [0.1, 0.15) is 44.3 Å². The second-order valence-corrected chi connectivity index (χ2v) is 5.56. The monoisotopic (exact) mass is 294 g/mol. The minimum absolute atomic E-state index is 0.155. The highest BCUT2D eigenvalue weighted by Crippen LogP contribution is 2.41. The molecule has 3 rings (SSSR count). The van der Waals surface area contributed by atoms with Crippen molar-refractivity contribution in [3.8, 4) is 11.5 Å². The molecule has 1 atom stereocenters. The summed E-state index contributed by atoms with van der Waals surface area (Å²) in [5.41, 5.74) is 1.12. The van der Waals surface area contributed by atoms with Crippen molar-refractivity contribution in [2.24, 2.45) is 0 Å². The highest BCUT2D eigenvalue weighted by atomic mass is 16.6. The molecule has 2 heteroatoms. The van der Waals surface area contributed by atoms with Gasteiger partial charge in [0.25, 0.3) is 0 Å². The third-order valence-electron chi connectivity index (χ3n) is 3.84. The molecule has 1 unspecified atom stereocenters. The summed E-state index contributed by atoms with van der Waals surface area (Å²) in [6.07, 6.45) is 6.72. The number of benzene rings is 2. The van der Waals surface area contributed by atoms with Gasteiger partial charge >= 0.3 is 0 Å². The van der Waals surface area contributed by atoms with Gasteiger partial charge in [-0.3, -0.25) is 0 Å². The van der Waals surface area contributed by atoms with E-state index in [9.17, 15) is 0 Å². The van der Waals surface area contributed by atoms with Crippen molar-refractivity contribution in [1.29, 1.82) is 0 Å². The van der Waals surface area contributed by atoms with Gasteiger partial charge in [0.1, 0.15) is 5.76 Å². The lowest BCUT2D eigenvalue weighted by atomic mass is 10.0. The molecule has 0 amide bonds. The Morgan fingerprint density at radius 3 is 2.41 bits per heavy atom. The molecule has 1 heterocycles. The van der Waals surface area contributed by atoms with Crippen LogP contribution in [0.5, 0.6) is 11.5 Å². The van der Waals surface area contributed by atoms with Gasteiger partial charge in [0, 0.05) is 5.56 Å². The van der Waals surface area contributed by atoms with E-state index in [1.165, 1.54) is 19.3 Å². The minimum Gasteiger partial charge on any atom is -0.474 e. The standard InChI is InChI=1S/C20H22O2/c1-2-3-4-8-15-19-20(16-11-6-5-7-12-16)22-18-14-10-9-13-17(18)21-19/h5-7,9-15,20H,2-4,8H2,1H3/b19-15+. The fraction of sp³-hybridized carbons (Fsp3) is 0.300. The van der Waals surface area contributed by atoms with Crippen LogP contribution in [0, 0.1) is 0 Å². The zero-order valence-corrected chi connectivity index (χ0v) is 13.0. The average molecular weight is 294 g/mol. The van der Waals surface area contributed by atoms with Crippen molar-refractivity contribution in [2.45, 2.75) is 38.7 Å². The molecule has 114 valence electrons. The number of ether oxygens (including phenoxy) is 2. The first-order chi connectivity index (χ1) is 10.9. The number of fused-ring (bicyclic) bond motifs is 1. The van der Waals surface area contributed by atoms with Crippen LogP contribution < -0.4 is 9.47 Å². The molecular weight excluding hydrogens is 272 g/mol. The van der Waals surface area contributed by atoms with Crippen molar-refractivity contribution < 1.29 is 9.47 Å². The molecule has 0 aliphatic carbocycles. The molecule has 2 aromatic carbocycles. The predicted molar refractivity (Wildman–Crippen MR) is 89.1 cm³/mol. The normalized spacial score (nSPS) is 18.4. The van der Waals surface area contributed by atoms with Gasteiger partial charge in [-0.2, -0.15) is 0 Å². The molecule has 22 heavy (non-hydrogen) atoms. The van der Waals surface area contributed by atoms with E-state index in [0.29, 0.717) is 0 Å². The van der Waals surface area contributed by atoms with Gasteiger partial charge in [-0.25, -0.2) is 0 Å². The van der Waals surface area contributed by atoms with Crippen molar-refractivity contribution in [1.82, 2.24) is 0 Å². The quantitative estimate of drug-likeness (QED) is 0.662. The van der Waals surface area contributed by atoms with Crippen molar-refractivity contribution >= 4 is 0 Å². The Morgan fingerprint density at radius 1 is 0.909 bits per heavy atom. The van der Waals surface area contributed by atoms with Crippen LogP contribution in [0.2, 0.25) is 0 Å². The van der Waals surface area contributed by atoms with Crippen LogP contribution in [-0.2, 0) is 0 Å². The van der Waals surface area contributed by atoms with E-state index in [0.717, 1.165) is 29.2 Å². The Morgan fingerprint density at radius 2 is 1.64 bits per heavy atom. The number of allylic oxidation sites excluding steroid dienone is 1.